The van der Waals surface area contributed by atoms with E-state index >= 15 is 0 Å². The first-order chi connectivity index (χ1) is 8.54. The Kier molecular flexibility index (Phi) is 3.63. The number of methoxy groups -OCH3 is 1. The zero-order chi connectivity index (χ0) is 13.3. The van der Waals surface area contributed by atoms with Gasteiger partial charge in [-0.1, -0.05) is 0 Å². The summed E-state index contributed by atoms with van der Waals surface area (Å²) in [5, 5.41) is 2.82. The van der Waals surface area contributed by atoms with Crippen LogP contribution in [0.4, 0.5) is 10.1 Å². The predicted molar refractivity (Wildman–Crippen MR) is 68.9 cm³/mol. The summed E-state index contributed by atoms with van der Waals surface area (Å²) >= 11 is 3.06. The van der Waals surface area contributed by atoms with E-state index in [0.29, 0.717) is 11.3 Å². The molecule has 0 aliphatic carbocycles. The maximum atomic E-state index is 13.9. The van der Waals surface area contributed by atoms with Gasteiger partial charge in [0.2, 0.25) is 0 Å². The number of pyridine rings is 1. The second-order valence-electron chi connectivity index (χ2n) is 3.71. The fraction of sp³-hybridized carbons (Fsp3) is 0.273. The number of carbonyl (C=O) groups is 1. The molecule has 0 unspecified atom stereocenters. The maximum Gasteiger partial charge on any atom is 0.253 e. The highest BCUT2D eigenvalue weighted by Gasteiger charge is 2.17. The Morgan fingerprint density at radius 3 is 3.06 bits per heavy atom. The zero-order valence-corrected chi connectivity index (χ0v) is 11.3. The van der Waals surface area contributed by atoms with Gasteiger partial charge in [-0.3, -0.25) is 4.79 Å². The Labute approximate surface area is 111 Å². The number of anilines is 1. The molecule has 1 amide bonds. The van der Waals surface area contributed by atoms with Crippen molar-refractivity contribution in [1.82, 2.24) is 9.97 Å². The number of hydrogen-bond donors (Lipinski definition) is 2. The van der Waals surface area contributed by atoms with Gasteiger partial charge in [-0.2, -0.15) is 0 Å². The smallest absolute Gasteiger partial charge is 0.253 e. The van der Waals surface area contributed by atoms with Crippen LogP contribution >= 0.6 is 15.9 Å². The van der Waals surface area contributed by atoms with Crippen LogP contribution in [0.15, 0.2) is 16.9 Å². The fourth-order valence-electron chi connectivity index (χ4n) is 1.47. The number of aromatic amines is 1. The third-order valence-corrected chi connectivity index (χ3v) is 3.13. The number of aromatic nitrogens is 2. The average molecular weight is 316 g/mol. The first-order valence-corrected chi connectivity index (χ1v) is 5.98. The molecule has 5 nitrogen and oxygen atoms in total. The number of ether oxygens (including phenoxy) is 1. The first-order valence-electron chi connectivity index (χ1n) is 5.19. The molecular weight excluding hydrogens is 305 g/mol. The molecule has 0 aliphatic heterocycles. The van der Waals surface area contributed by atoms with Crippen LogP contribution in [-0.4, -0.2) is 29.1 Å². The topological polar surface area (TPSA) is 67.0 Å². The van der Waals surface area contributed by atoms with Gasteiger partial charge >= 0.3 is 0 Å². The first kappa shape index (κ1) is 13.0. The standard InChI is InChI=1S/C11H11BrFN3O2/c1-5(18-2)11(17)16-7-4-15-10-8(7)9(13)6(12)3-14-10/h3-5H,1-2H3,(H,14,15)(H,16,17)/t5-/m0/s1. The third kappa shape index (κ3) is 2.23. The summed E-state index contributed by atoms with van der Waals surface area (Å²) < 4.78 is 19.1. The van der Waals surface area contributed by atoms with Gasteiger partial charge in [0.15, 0.2) is 5.82 Å². The summed E-state index contributed by atoms with van der Waals surface area (Å²) in [6, 6.07) is 0. The Morgan fingerprint density at radius 2 is 2.39 bits per heavy atom. The predicted octanol–water partition coefficient (Wildman–Crippen LogP) is 2.44. The lowest BCUT2D eigenvalue weighted by atomic mass is 10.2. The lowest BCUT2D eigenvalue weighted by Gasteiger charge is -2.09. The molecule has 2 aromatic rings. The average Bonchev–Trinajstić information content (AvgIpc) is 2.76. The van der Waals surface area contributed by atoms with E-state index < -0.39 is 11.9 Å². The number of hydrogen-bond acceptors (Lipinski definition) is 3. The molecule has 2 aromatic heterocycles. The number of H-pyrrole nitrogens is 1. The zero-order valence-electron chi connectivity index (χ0n) is 9.75. The number of carbonyl (C=O) groups excluding carboxylic acids is 1. The molecule has 2 heterocycles. The Bertz CT molecular complexity index is 599. The van der Waals surface area contributed by atoms with Crippen LogP contribution in [0.3, 0.4) is 0 Å². The van der Waals surface area contributed by atoms with Crippen molar-refractivity contribution in [2.24, 2.45) is 0 Å². The van der Waals surface area contributed by atoms with Crippen LogP contribution in [0.2, 0.25) is 0 Å². The van der Waals surface area contributed by atoms with E-state index in [1.54, 1.807) is 6.92 Å². The number of rotatable bonds is 3. The Morgan fingerprint density at radius 1 is 1.67 bits per heavy atom. The number of fused-ring (bicyclic) bond motifs is 1. The quantitative estimate of drug-likeness (QED) is 0.914. The van der Waals surface area contributed by atoms with Crippen molar-refractivity contribution in [3.05, 3.63) is 22.7 Å². The van der Waals surface area contributed by atoms with E-state index in [4.69, 9.17) is 4.74 Å². The van der Waals surface area contributed by atoms with Crippen LogP contribution in [0, 0.1) is 5.82 Å². The molecule has 1 atom stereocenters. The summed E-state index contributed by atoms with van der Waals surface area (Å²) in [5.74, 6) is -0.820. The normalized spacial score (nSPS) is 12.7. The molecule has 0 saturated heterocycles. The van der Waals surface area contributed by atoms with E-state index in [-0.39, 0.29) is 15.8 Å². The second kappa shape index (κ2) is 5.03. The molecule has 0 spiro atoms. The van der Waals surface area contributed by atoms with Crippen molar-refractivity contribution >= 4 is 38.6 Å². The van der Waals surface area contributed by atoms with Gasteiger partial charge in [0.25, 0.3) is 5.91 Å². The van der Waals surface area contributed by atoms with Crippen LogP contribution in [0.25, 0.3) is 11.0 Å². The Balaban J connectivity index is 2.40. The second-order valence-corrected chi connectivity index (χ2v) is 4.57. The molecule has 0 bridgehead atoms. The van der Waals surface area contributed by atoms with Crippen molar-refractivity contribution in [3.8, 4) is 0 Å². The number of nitrogens with one attached hydrogen (secondary N) is 2. The van der Waals surface area contributed by atoms with Crippen LogP contribution in [0.1, 0.15) is 6.92 Å². The summed E-state index contributed by atoms with van der Waals surface area (Å²) in [4.78, 5) is 18.5. The number of nitrogens with zero attached hydrogens (tertiary/aromatic N) is 1. The number of amides is 1. The van der Waals surface area contributed by atoms with Gasteiger partial charge in [0.05, 0.1) is 15.5 Å². The van der Waals surface area contributed by atoms with Crippen LogP contribution in [0.5, 0.6) is 0 Å². The largest absolute Gasteiger partial charge is 0.372 e. The van der Waals surface area contributed by atoms with Crippen molar-refractivity contribution in [3.63, 3.8) is 0 Å². The van der Waals surface area contributed by atoms with Gasteiger partial charge in [0, 0.05) is 19.5 Å². The highest BCUT2D eigenvalue weighted by Crippen LogP contribution is 2.28. The molecule has 96 valence electrons. The van der Waals surface area contributed by atoms with E-state index in [0.717, 1.165) is 0 Å². The molecule has 0 saturated carbocycles. The van der Waals surface area contributed by atoms with Gasteiger partial charge in [-0.05, 0) is 22.9 Å². The van der Waals surface area contributed by atoms with E-state index in [2.05, 4.69) is 31.2 Å². The summed E-state index contributed by atoms with van der Waals surface area (Å²) in [6.07, 6.45) is 2.24. The number of halogens is 2. The monoisotopic (exact) mass is 315 g/mol. The van der Waals surface area contributed by atoms with Crippen molar-refractivity contribution in [2.45, 2.75) is 13.0 Å². The molecule has 0 aromatic carbocycles. The van der Waals surface area contributed by atoms with Crippen molar-refractivity contribution in [2.75, 3.05) is 12.4 Å². The molecule has 2 rings (SSSR count). The van der Waals surface area contributed by atoms with Crippen molar-refractivity contribution < 1.29 is 13.9 Å². The van der Waals surface area contributed by atoms with Gasteiger partial charge in [0.1, 0.15) is 11.8 Å². The third-order valence-electron chi connectivity index (χ3n) is 2.58. The maximum absolute atomic E-state index is 13.9. The minimum absolute atomic E-state index is 0.237. The highest BCUT2D eigenvalue weighted by molar-refractivity contribution is 9.10. The van der Waals surface area contributed by atoms with Crippen molar-refractivity contribution in [1.29, 1.82) is 0 Å². The molecule has 0 fully saturated rings. The molecule has 7 heteroatoms. The van der Waals surface area contributed by atoms with Crippen LogP contribution in [-0.2, 0) is 9.53 Å². The molecule has 0 aliphatic rings. The minimum atomic E-state index is -0.613. The van der Waals surface area contributed by atoms with E-state index in [9.17, 15) is 9.18 Å². The Hall–Kier alpha value is -1.47. The summed E-state index contributed by atoms with van der Waals surface area (Å²) in [6.45, 7) is 1.61. The van der Waals surface area contributed by atoms with Crippen LogP contribution < -0.4 is 5.32 Å². The SMILES string of the molecule is CO[C@@H](C)C(=O)Nc1c[nH]c2ncc(Br)c(F)c12. The minimum Gasteiger partial charge on any atom is -0.372 e. The van der Waals surface area contributed by atoms with Gasteiger partial charge < -0.3 is 15.0 Å². The lowest BCUT2D eigenvalue weighted by Crippen LogP contribution is -2.26. The van der Waals surface area contributed by atoms with Gasteiger partial charge in [-0.15, -0.1) is 0 Å². The van der Waals surface area contributed by atoms with Gasteiger partial charge in [-0.25, -0.2) is 9.37 Å². The molecular formula is C11H11BrFN3O2. The van der Waals surface area contributed by atoms with E-state index in [1.807, 2.05) is 0 Å². The molecule has 18 heavy (non-hydrogen) atoms. The summed E-state index contributed by atoms with van der Waals surface area (Å²) in [5.41, 5.74) is 0.710. The highest BCUT2D eigenvalue weighted by atomic mass is 79.9. The molecule has 2 N–H and O–H groups in total. The summed E-state index contributed by atoms with van der Waals surface area (Å²) in [7, 11) is 1.43. The molecule has 0 radical (unpaired) electrons. The lowest BCUT2D eigenvalue weighted by molar-refractivity contribution is -0.124. The van der Waals surface area contributed by atoms with E-state index in [1.165, 1.54) is 19.5 Å². The fourth-order valence-corrected chi connectivity index (χ4v) is 1.77.